The number of rotatable bonds is 4. The van der Waals surface area contributed by atoms with Crippen LogP contribution in [0.25, 0.3) is 0 Å². The lowest BCUT2D eigenvalue weighted by Crippen LogP contribution is -2.22. The molecule has 1 aliphatic rings. The standard InChI is InChI=1S/C15H22ClNO/c1-5-8-17-11-9-15(2,3)14-12(18-4)7-6-10(16)13(11)14/h6-7,11,17H,5,8-9H2,1-4H3. The van der Waals surface area contributed by atoms with Crippen molar-refractivity contribution in [3.8, 4) is 5.75 Å². The summed E-state index contributed by atoms with van der Waals surface area (Å²) in [5.41, 5.74) is 2.61. The first-order valence-electron chi connectivity index (χ1n) is 6.61. The summed E-state index contributed by atoms with van der Waals surface area (Å²) in [7, 11) is 1.73. The van der Waals surface area contributed by atoms with Crippen molar-refractivity contribution in [1.29, 1.82) is 0 Å². The van der Waals surface area contributed by atoms with Crippen molar-refractivity contribution in [3.63, 3.8) is 0 Å². The molecule has 0 amide bonds. The summed E-state index contributed by atoms with van der Waals surface area (Å²) >= 11 is 6.40. The van der Waals surface area contributed by atoms with Crippen molar-refractivity contribution in [2.24, 2.45) is 0 Å². The van der Waals surface area contributed by atoms with Crippen molar-refractivity contribution < 1.29 is 4.74 Å². The maximum Gasteiger partial charge on any atom is 0.123 e. The van der Waals surface area contributed by atoms with Crippen molar-refractivity contribution in [3.05, 3.63) is 28.3 Å². The molecule has 1 N–H and O–H groups in total. The van der Waals surface area contributed by atoms with Crippen LogP contribution in [0, 0.1) is 0 Å². The van der Waals surface area contributed by atoms with Gasteiger partial charge in [-0.2, -0.15) is 0 Å². The molecule has 0 saturated heterocycles. The maximum absolute atomic E-state index is 6.40. The Kier molecular flexibility index (Phi) is 3.88. The Hall–Kier alpha value is -0.730. The van der Waals surface area contributed by atoms with Gasteiger partial charge in [0.25, 0.3) is 0 Å². The first kappa shape index (κ1) is 13.7. The Morgan fingerprint density at radius 2 is 2.17 bits per heavy atom. The predicted octanol–water partition coefficient (Wildman–Crippen LogP) is 4.07. The van der Waals surface area contributed by atoms with E-state index in [-0.39, 0.29) is 5.41 Å². The zero-order valence-electron chi connectivity index (χ0n) is 11.6. The van der Waals surface area contributed by atoms with Crippen LogP contribution in [0.15, 0.2) is 12.1 Å². The van der Waals surface area contributed by atoms with Crippen LogP contribution in [0.4, 0.5) is 0 Å². The fraction of sp³-hybridized carbons (Fsp3) is 0.600. The first-order valence-corrected chi connectivity index (χ1v) is 6.99. The van der Waals surface area contributed by atoms with Crippen molar-refractivity contribution in [1.82, 2.24) is 5.32 Å². The molecule has 0 bridgehead atoms. The van der Waals surface area contributed by atoms with E-state index in [9.17, 15) is 0 Å². The van der Waals surface area contributed by atoms with Gasteiger partial charge >= 0.3 is 0 Å². The van der Waals surface area contributed by atoms with Crippen molar-refractivity contribution in [2.45, 2.75) is 45.1 Å². The molecular weight excluding hydrogens is 246 g/mol. The second kappa shape index (κ2) is 5.10. The number of hydrogen-bond donors (Lipinski definition) is 1. The highest BCUT2D eigenvalue weighted by molar-refractivity contribution is 6.31. The van der Waals surface area contributed by atoms with E-state index < -0.39 is 0 Å². The Labute approximate surface area is 115 Å². The van der Waals surface area contributed by atoms with Crippen LogP contribution >= 0.6 is 11.6 Å². The number of halogens is 1. The molecule has 2 rings (SSSR count). The Bertz CT molecular complexity index is 442. The summed E-state index contributed by atoms with van der Waals surface area (Å²) in [6.07, 6.45) is 2.20. The van der Waals surface area contributed by atoms with Crippen molar-refractivity contribution >= 4 is 11.6 Å². The molecule has 100 valence electrons. The van der Waals surface area contributed by atoms with E-state index in [0.717, 1.165) is 30.2 Å². The smallest absolute Gasteiger partial charge is 0.123 e. The quantitative estimate of drug-likeness (QED) is 0.888. The van der Waals surface area contributed by atoms with Gasteiger partial charge < -0.3 is 10.1 Å². The average Bonchev–Trinajstić information content (AvgIpc) is 2.60. The number of nitrogens with one attached hydrogen (secondary N) is 1. The van der Waals surface area contributed by atoms with Gasteiger partial charge in [0.05, 0.1) is 7.11 Å². The SMILES string of the molecule is CCCNC1CC(C)(C)c2c(OC)ccc(Cl)c21. The zero-order valence-corrected chi connectivity index (χ0v) is 12.4. The lowest BCUT2D eigenvalue weighted by atomic mass is 9.86. The number of methoxy groups -OCH3 is 1. The largest absolute Gasteiger partial charge is 0.496 e. The topological polar surface area (TPSA) is 21.3 Å². The van der Waals surface area contributed by atoms with Gasteiger partial charge in [0.1, 0.15) is 5.75 Å². The third kappa shape index (κ3) is 2.24. The number of benzene rings is 1. The van der Waals surface area contributed by atoms with Crippen LogP contribution in [-0.2, 0) is 5.41 Å². The van der Waals surface area contributed by atoms with Gasteiger partial charge in [-0.3, -0.25) is 0 Å². The summed E-state index contributed by atoms with van der Waals surface area (Å²) < 4.78 is 5.51. The second-order valence-corrected chi connectivity index (χ2v) is 6.04. The Morgan fingerprint density at radius 1 is 1.44 bits per heavy atom. The van der Waals surface area contributed by atoms with Crippen LogP contribution < -0.4 is 10.1 Å². The molecular formula is C15H22ClNO. The van der Waals surface area contributed by atoms with Crippen LogP contribution in [-0.4, -0.2) is 13.7 Å². The molecule has 0 fully saturated rings. The van der Waals surface area contributed by atoms with E-state index >= 15 is 0 Å². The number of ether oxygens (including phenoxy) is 1. The van der Waals surface area contributed by atoms with Crippen molar-refractivity contribution in [2.75, 3.05) is 13.7 Å². The predicted molar refractivity (Wildman–Crippen MR) is 76.7 cm³/mol. The van der Waals surface area contributed by atoms with E-state index in [4.69, 9.17) is 16.3 Å². The molecule has 2 nitrogen and oxygen atoms in total. The van der Waals surface area contributed by atoms with Gasteiger partial charge in [-0.05, 0) is 42.5 Å². The fourth-order valence-corrected chi connectivity index (χ4v) is 3.28. The maximum atomic E-state index is 6.40. The van der Waals surface area contributed by atoms with Gasteiger partial charge in [-0.1, -0.05) is 32.4 Å². The average molecular weight is 268 g/mol. The highest BCUT2D eigenvalue weighted by Crippen LogP contribution is 2.51. The highest BCUT2D eigenvalue weighted by atomic mass is 35.5. The molecule has 0 radical (unpaired) electrons. The van der Waals surface area contributed by atoms with Crippen LogP contribution in [0.3, 0.4) is 0 Å². The van der Waals surface area contributed by atoms with Gasteiger partial charge in [0, 0.05) is 16.6 Å². The summed E-state index contributed by atoms with van der Waals surface area (Å²) in [5, 5.41) is 4.45. The van der Waals surface area contributed by atoms with E-state index in [1.54, 1.807) is 7.11 Å². The molecule has 3 heteroatoms. The minimum absolute atomic E-state index is 0.108. The van der Waals surface area contributed by atoms with Gasteiger partial charge in [0.15, 0.2) is 0 Å². The molecule has 1 aromatic carbocycles. The molecule has 0 aromatic heterocycles. The molecule has 0 heterocycles. The van der Waals surface area contributed by atoms with Crippen LogP contribution in [0.5, 0.6) is 5.75 Å². The minimum atomic E-state index is 0.108. The zero-order chi connectivity index (χ0) is 13.3. The molecule has 1 aromatic rings. The Balaban J connectivity index is 2.48. The normalized spacial score (nSPS) is 20.8. The summed E-state index contributed by atoms with van der Waals surface area (Å²) in [4.78, 5) is 0. The monoisotopic (exact) mass is 267 g/mol. The first-order chi connectivity index (χ1) is 8.51. The second-order valence-electron chi connectivity index (χ2n) is 5.63. The fourth-order valence-electron chi connectivity index (χ4n) is 2.99. The van der Waals surface area contributed by atoms with Gasteiger partial charge in [-0.25, -0.2) is 0 Å². The third-order valence-corrected chi connectivity index (χ3v) is 4.08. The minimum Gasteiger partial charge on any atom is -0.496 e. The molecule has 1 unspecified atom stereocenters. The molecule has 0 aliphatic heterocycles. The lowest BCUT2D eigenvalue weighted by Gasteiger charge is -2.21. The van der Waals surface area contributed by atoms with Gasteiger partial charge in [0.2, 0.25) is 0 Å². The molecule has 0 spiro atoms. The van der Waals surface area contributed by atoms with E-state index in [2.05, 4.69) is 26.1 Å². The number of fused-ring (bicyclic) bond motifs is 1. The van der Waals surface area contributed by atoms with Crippen LogP contribution in [0.2, 0.25) is 5.02 Å². The lowest BCUT2D eigenvalue weighted by molar-refractivity contribution is 0.386. The van der Waals surface area contributed by atoms with Gasteiger partial charge in [-0.15, -0.1) is 0 Å². The molecule has 1 atom stereocenters. The number of hydrogen-bond acceptors (Lipinski definition) is 2. The summed E-state index contributed by atoms with van der Waals surface area (Å²) in [6, 6.07) is 4.27. The third-order valence-electron chi connectivity index (χ3n) is 3.75. The van der Waals surface area contributed by atoms with E-state index in [0.29, 0.717) is 6.04 Å². The van der Waals surface area contributed by atoms with E-state index in [1.165, 1.54) is 11.1 Å². The molecule has 1 aliphatic carbocycles. The van der Waals surface area contributed by atoms with E-state index in [1.807, 2.05) is 12.1 Å². The molecule has 18 heavy (non-hydrogen) atoms. The molecule has 0 saturated carbocycles. The summed E-state index contributed by atoms with van der Waals surface area (Å²) in [5.74, 6) is 0.959. The van der Waals surface area contributed by atoms with Crippen LogP contribution in [0.1, 0.15) is 50.8 Å². The highest BCUT2D eigenvalue weighted by Gasteiger charge is 2.40. The summed E-state index contributed by atoms with van der Waals surface area (Å²) in [6.45, 7) is 7.73. The Morgan fingerprint density at radius 3 is 2.78 bits per heavy atom.